The third-order valence-electron chi connectivity index (χ3n) is 3.51. The SMILES string of the molecule is Cc1[nH]c(=O)[nH]c(=O)c1CN1CCC(C)CC1. The second kappa shape index (κ2) is 4.87. The van der Waals surface area contributed by atoms with Gasteiger partial charge in [0.1, 0.15) is 0 Å². The van der Waals surface area contributed by atoms with Crippen LogP contribution in [0.25, 0.3) is 0 Å². The standard InChI is InChI=1S/C12H19N3O2/c1-8-3-5-15(6-4-8)7-10-9(2)13-12(17)14-11(10)16/h8H,3-7H2,1-2H3,(H2,13,14,16,17). The van der Waals surface area contributed by atoms with Crippen molar-refractivity contribution in [3.63, 3.8) is 0 Å². The monoisotopic (exact) mass is 237 g/mol. The Balaban J connectivity index is 2.14. The van der Waals surface area contributed by atoms with Crippen LogP contribution in [0.3, 0.4) is 0 Å². The molecular formula is C12H19N3O2. The van der Waals surface area contributed by atoms with E-state index in [1.165, 1.54) is 12.8 Å². The normalized spacial score (nSPS) is 18.5. The second-order valence-electron chi connectivity index (χ2n) is 4.97. The zero-order chi connectivity index (χ0) is 12.4. The van der Waals surface area contributed by atoms with E-state index in [1.807, 2.05) is 0 Å². The Kier molecular flexibility index (Phi) is 3.47. The molecule has 1 aromatic rings. The second-order valence-corrected chi connectivity index (χ2v) is 4.97. The van der Waals surface area contributed by atoms with Crippen molar-refractivity contribution in [2.75, 3.05) is 13.1 Å². The van der Waals surface area contributed by atoms with Crippen molar-refractivity contribution < 1.29 is 0 Å². The highest BCUT2D eigenvalue weighted by Gasteiger charge is 2.17. The average molecular weight is 237 g/mol. The van der Waals surface area contributed by atoms with Crippen LogP contribution in [0, 0.1) is 12.8 Å². The number of rotatable bonds is 2. The van der Waals surface area contributed by atoms with Gasteiger partial charge in [-0.3, -0.25) is 14.7 Å². The molecule has 17 heavy (non-hydrogen) atoms. The first-order valence-electron chi connectivity index (χ1n) is 6.10. The molecule has 94 valence electrons. The Bertz CT molecular complexity index is 495. The number of aromatic amines is 2. The van der Waals surface area contributed by atoms with Gasteiger partial charge in [0.05, 0.1) is 5.56 Å². The quantitative estimate of drug-likeness (QED) is 0.791. The van der Waals surface area contributed by atoms with E-state index in [0.717, 1.165) is 19.0 Å². The molecule has 1 aliphatic heterocycles. The minimum absolute atomic E-state index is 0.259. The predicted molar refractivity (Wildman–Crippen MR) is 66.1 cm³/mol. The maximum absolute atomic E-state index is 11.7. The lowest BCUT2D eigenvalue weighted by Crippen LogP contribution is -2.36. The molecule has 0 bridgehead atoms. The van der Waals surface area contributed by atoms with Crippen LogP contribution >= 0.6 is 0 Å². The van der Waals surface area contributed by atoms with Crippen molar-refractivity contribution >= 4 is 0 Å². The fourth-order valence-corrected chi connectivity index (χ4v) is 2.26. The van der Waals surface area contributed by atoms with Crippen LogP contribution in [0.5, 0.6) is 0 Å². The van der Waals surface area contributed by atoms with Gasteiger partial charge in [0, 0.05) is 12.2 Å². The minimum atomic E-state index is -0.427. The van der Waals surface area contributed by atoms with Crippen molar-refractivity contribution in [2.24, 2.45) is 5.92 Å². The van der Waals surface area contributed by atoms with Gasteiger partial charge in [-0.15, -0.1) is 0 Å². The highest BCUT2D eigenvalue weighted by Crippen LogP contribution is 2.17. The molecule has 0 radical (unpaired) electrons. The number of aromatic nitrogens is 2. The summed E-state index contributed by atoms with van der Waals surface area (Å²) in [5.74, 6) is 0.779. The number of likely N-dealkylation sites (tertiary alicyclic amines) is 1. The lowest BCUT2D eigenvalue weighted by atomic mass is 9.99. The van der Waals surface area contributed by atoms with Crippen molar-refractivity contribution in [2.45, 2.75) is 33.2 Å². The first kappa shape index (κ1) is 12.1. The molecular weight excluding hydrogens is 218 g/mol. The zero-order valence-corrected chi connectivity index (χ0v) is 10.4. The average Bonchev–Trinajstić information content (AvgIpc) is 2.26. The summed E-state index contributed by atoms with van der Waals surface area (Å²) in [6, 6.07) is 0. The predicted octanol–water partition coefficient (Wildman–Crippen LogP) is 0.604. The Hall–Kier alpha value is -1.36. The van der Waals surface area contributed by atoms with Gasteiger partial charge in [-0.05, 0) is 38.8 Å². The number of aryl methyl sites for hydroxylation is 1. The van der Waals surface area contributed by atoms with Crippen LogP contribution in [0.2, 0.25) is 0 Å². The molecule has 1 saturated heterocycles. The van der Waals surface area contributed by atoms with Gasteiger partial charge in [0.25, 0.3) is 5.56 Å². The number of nitrogens with zero attached hydrogens (tertiary/aromatic N) is 1. The van der Waals surface area contributed by atoms with Crippen molar-refractivity contribution in [3.8, 4) is 0 Å². The van der Waals surface area contributed by atoms with Crippen molar-refractivity contribution in [1.29, 1.82) is 0 Å². The third kappa shape index (κ3) is 2.85. The molecule has 0 aromatic carbocycles. The summed E-state index contributed by atoms with van der Waals surface area (Å²) in [6.07, 6.45) is 2.36. The lowest BCUT2D eigenvalue weighted by Gasteiger charge is -2.30. The van der Waals surface area contributed by atoms with E-state index >= 15 is 0 Å². The van der Waals surface area contributed by atoms with E-state index in [4.69, 9.17) is 0 Å². The van der Waals surface area contributed by atoms with Gasteiger partial charge in [0.2, 0.25) is 0 Å². The van der Waals surface area contributed by atoms with E-state index in [-0.39, 0.29) is 5.56 Å². The molecule has 2 rings (SSSR count). The number of piperidine rings is 1. The molecule has 2 heterocycles. The van der Waals surface area contributed by atoms with Crippen LogP contribution in [0.15, 0.2) is 9.59 Å². The fourth-order valence-electron chi connectivity index (χ4n) is 2.26. The number of hydrogen-bond acceptors (Lipinski definition) is 3. The summed E-state index contributed by atoms with van der Waals surface area (Å²) in [4.78, 5) is 30.0. The smallest absolute Gasteiger partial charge is 0.311 e. The Morgan fingerprint density at radius 1 is 1.24 bits per heavy atom. The summed E-state index contributed by atoms with van der Waals surface area (Å²) < 4.78 is 0. The summed E-state index contributed by atoms with van der Waals surface area (Å²) in [5, 5.41) is 0. The molecule has 0 aliphatic carbocycles. The summed E-state index contributed by atoms with van der Waals surface area (Å²) >= 11 is 0. The maximum atomic E-state index is 11.7. The van der Waals surface area contributed by atoms with Gasteiger partial charge in [-0.25, -0.2) is 4.79 Å². The largest absolute Gasteiger partial charge is 0.325 e. The Morgan fingerprint density at radius 2 is 1.88 bits per heavy atom. The van der Waals surface area contributed by atoms with Crippen molar-refractivity contribution in [1.82, 2.24) is 14.9 Å². The topological polar surface area (TPSA) is 69.0 Å². The minimum Gasteiger partial charge on any atom is -0.311 e. The number of hydrogen-bond donors (Lipinski definition) is 2. The van der Waals surface area contributed by atoms with Gasteiger partial charge in [-0.1, -0.05) is 6.92 Å². The van der Waals surface area contributed by atoms with Crippen LogP contribution < -0.4 is 11.2 Å². The lowest BCUT2D eigenvalue weighted by molar-refractivity contribution is 0.184. The summed E-state index contributed by atoms with van der Waals surface area (Å²) in [7, 11) is 0. The molecule has 1 fully saturated rings. The molecule has 0 amide bonds. The summed E-state index contributed by atoms with van der Waals surface area (Å²) in [6.45, 7) is 6.72. The van der Waals surface area contributed by atoms with Gasteiger partial charge >= 0.3 is 5.69 Å². The van der Waals surface area contributed by atoms with Crippen LogP contribution in [0.1, 0.15) is 31.0 Å². The maximum Gasteiger partial charge on any atom is 0.325 e. The van der Waals surface area contributed by atoms with E-state index in [0.29, 0.717) is 17.8 Å². The highest BCUT2D eigenvalue weighted by atomic mass is 16.2. The van der Waals surface area contributed by atoms with Gasteiger partial charge in [-0.2, -0.15) is 0 Å². The number of H-pyrrole nitrogens is 2. The third-order valence-corrected chi connectivity index (χ3v) is 3.51. The van der Waals surface area contributed by atoms with Gasteiger partial charge in [0.15, 0.2) is 0 Å². The van der Waals surface area contributed by atoms with Crippen LogP contribution in [-0.2, 0) is 6.54 Å². The first-order chi connectivity index (χ1) is 8.06. The molecule has 5 nitrogen and oxygen atoms in total. The van der Waals surface area contributed by atoms with Crippen LogP contribution in [0.4, 0.5) is 0 Å². The molecule has 1 aromatic heterocycles. The molecule has 2 N–H and O–H groups in total. The van der Waals surface area contributed by atoms with E-state index in [2.05, 4.69) is 21.8 Å². The number of nitrogens with one attached hydrogen (secondary N) is 2. The molecule has 0 spiro atoms. The van der Waals surface area contributed by atoms with E-state index in [9.17, 15) is 9.59 Å². The van der Waals surface area contributed by atoms with E-state index in [1.54, 1.807) is 6.92 Å². The molecule has 1 aliphatic rings. The summed E-state index contributed by atoms with van der Waals surface area (Å²) in [5.41, 5.74) is 0.671. The molecule has 0 unspecified atom stereocenters. The Morgan fingerprint density at radius 3 is 2.47 bits per heavy atom. The zero-order valence-electron chi connectivity index (χ0n) is 10.4. The van der Waals surface area contributed by atoms with Crippen molar-refractivity contribution in [3.05, 3.63) is 32.1 Å². The van der Waals surface area contributed by atoms with E-state index < -0.39 is 5.69 Å². The first-order valence-corrected chi connectivity index (χ1v) is 6.10. The molecule has 0 atom stereocenters. The van der Waals surface area contributed by atoms with Gasteiger partial charge < -0.3 is 4.98 Å². The molecule has 5 heteroatoms. The Labute approximate surface area is 99.9 Å². The van der Waals surface area contributed by atoms with Crippen LogP contribution in [-0.4, -0.2) is 28.0 Å². The molecule has 0 saturated carbocycles. The fraction of sp³-hybridized carbons (Fsp3) is 0.667. The highest BCUT2D eigenvalue weighted by molar-refractivity contribution is 5.14.